The van der Waals surface area contributed by atoms with Gasteiger partial charge in [-0.1, -0.05) is 32.0 Å². The Hall–Kier alpha value is -3.22. The molecule has 0 saturated carbocycles. The minimum absolute atomic E-state index is 0.000257. The van der Waals surface area contributed by atoms with Crippen LogP contribution in [0.3, 0.4) is 0 Å². The van der Waals surface area contributed by atoms with Gasteiger partial charge in [0.25, 0.3) is 11.6 Å². The van der Waals surface area contributed by atoms with Crippen LogP contribution in [0.4, 0.5) is 11.4 Å². The number of hydrogen-bond acceptors (Lipinski definition) is 4. The molecule has 0 aromatic heterocycles. The van der Waals surface area contributed by atoms with E-state index in [1.54, 1.807) is 36.4 Å². The number of carboxylic acids is 1. The van der Waals surface area contributed by atoms with Crippen molar-refractivity contribution in [2.45, 2.75) is 32.6 Å². The summed E-state index contributed by atoms with van der Waals surface area (Å²) in [4.78, 5) is 33.8. The third kappa shape index (κ3) is 4.89. The van der Waals surface area contributed by atoms with Crippen molar-refractivity contribution in [1.82, 2.24) is 0 Å². The quantitative estimate of drug-likeness (QED) is 0.576. The average molecular weight is 356 g/mol. The second-order valence-electron chi connectivity index (χ2n) is 6.23. The molecule has 7 heteroatoms. The van der Waals surface area contributed by atoms with Gasteiger partial charge in [0.15, 0.2) is 0 Å². The van der Waals surface area contributed by atoms with E-state index in [4.69, 9.17) is 5.11 Å². The molecule has 0 bridgehead atoms. The van der Waals surface area contributed by atoms with Gasteiger partial charge in [0.2, 0.25) is 0 Å². The van der Waals surface area contributed by atoms with Crippen LogP contribution in [-0.2, 0) is 11.2 Å². The van der Waals surface area contributed by atoms with E-state index in [2.05, 4.69) is 5.32 Å². The van der Waals surface area contributed by atoms with Gasteiger partial charge < -0.3 is 10.4 Å². The topological polar surface area (TPSA) is 110 Å². The summed E-state index contributed by atoms with van der Waals surface area (Å²) < 4.78 is 0. The van der Waals surface area contributed by atoms with Crippen molar-refractivity contribution in [3.05, 3.63) is 69.3 Å². The van der Waals surface area contributed by atoms with E-state index in [-0.39, 0.29) is 23.6 Å². The van der Waals surface area contributed by atoms with Crippen LogP contribution in [0.15, 0.2) is 42.5 Å². The molecular formula is C19H20N2O5. The van der Waals surface area contributed by atoms with Crippen LogP contribution in [0.5, 0.6) is 0 Å². The number of aryl methyl sites for hydroxylation is 1. The molecule has 2 aromatic carbocycles. The lowest BCUT2D eigenvalue weighted by Crippen LogP contribution is -2.13. The normalized spacial score (nSPS) is 10.6. The third-order valence-corrected chi connectivity index (χ3v) is 3.92. The number of nitro benzene ring substituents is 1. The average Bonchev–Trinajstić information content (AvgIpc) is 2.59. The van der Waals surface area contributed by atoms with Crippen molar-refractivity contribution in [3.8, 4) is 0 Å². The number of carbonyl (C=O) groups excluding carboxylic acids is 1. The van der Waals surface area contributed by atoms with E-state index < -0.39 is 16.8 Å². The molecule has 1 amide bonds. The van der Waals surface area contributed by atoms with Crippen molar-refractivity contribution < 1.29 is 19.6 Å². The molecule has 0 aliphatic carbocycles. The molecule has 0 spiro atoms. The Kier molecular flexibility index (Phi) is 6.06. The minimum Gasteiger partial charge on any atom is -0.481 e. The number of amides is 1. The number of nitro groups is 1. The molecule has 26 heavy (non-hydrogen) atoms. The lowest BCUT2D eigenvalue weighted by Gasteiger charge is -2.10. The smallest absolute Gasteiger partial charge is 0.303 e. The zero-order chi connectivity index (χ0) is 19.3. The molecule has 0 fully saturated rings. The molecule has 0 saturated heterocycles. The highest BCUT2D eigenvalue weighted by Crippen LogP contribution is 2.27. The van der Waals surface area contributed by atoms with Gasteiger partial charge in [-0.05, 0) is 36.1 Å². The molecule has 7 nitrogen and oxygen atoms in total. The Bertz CT molecular complexity index is 846. The highest BCUT2D eigenvalue weighted by molar-refractivity contribution is 6.04. The minimum atomic E-state index is -0.892. The molecule has 0 unspecified atom stereocenters. The Morgan fingerprint density at radius 2 is 1.92 bits per heavy atom. The first-order chi connectivity index (χ1) is 12.3. The van der Waals surface area contributed by atoms with Crippen LogP contribution < -0.4 is 5.32 Å². The zero-order valence-corrected chi connectivity index (χ0v) is 14.6. The fourth-order valence-corrected chi connectivity index (χ4v) is 2.59. The van der Waals surface area contributed by atoms with Gasteiger partial charge in [0.05, 0.1) is 4.92 Å². The highest BCUT2D eigenvalue weighted by Gasteiger charge is 2.19. The van der Waals surface area contributed by atoms with Crippen LogP contribution in [-0.4, -0.2) is 21.9 Å². The number of benzene rings is 2. The number of nitrogens with one attached hydrogen (secondary N) is 1. The van der Waals surface area contributed by atoms with Gasteiger partial charge in [0, 0.05) is 29.3 Å². The SMILES string of the molecule is CC(C)c1ccc(C(=O)Nc2cccc(CCC(=O)O)c2)cc1[N+](=O)[O-]. The number of aliphatic carboxylic acids is 1. The summed E-state index contributed by atoms with van der Waals surface area (Å²) in [5, 5.41) is 22.7. The van der Waals surface area contributed by atoms with Crippen molar-refractivity contribution in [1.29, 1.82) is 0 Å². The largest absolute Gasteiger partial charge is 0.481 e. The van der Waals surface area contributed by atoms with Gasteiger partial charge >= 0.3 is 5.97 Å². The molecule has 2 N–H and O–H groups in total. The maximum Gasteiger partial charge on any atom is 0.303 e. The van der Waals surface area contributed by atoms with Crippen molar-refractivity contribution in [3.63, 3.8) is 0 Å². The lowest BCUT2D eigenvalue weighted by atomic mass is 9.99. The lowest BCUT2D eigenvalue weighted by molar-refractivity contribution is -0.385. The summed E-state index contributed by atoms with van der Waals surface area (Å²) in [6.45, 7) is 3.70. The molecule has 0 atom stereocenters. The molecule has 2 rings (SSSR count). The van der Waals surface area contributed by atoms with E-state index in [9.17, 15) is 19.7 Å². The second kappa shape index (κ2) is 8.24. The van der Waals surface area contributed by atoms with Crippen LogP contribution in [0.1, 0.15) is 47.7 Å². The molecule has 136 valence electrons. The Morgan fingerprint density at radius 3 is 2.54 bits per heavy atom. The number of carbonyl (C=O) groups is 2. The maximum absolute atomic E-state index is 12.4. The van der Waals surface area contributed by atoms with Crippen LogP contribution in [0.25, 0.3) is 0 Å². The van der Waals surface area contributed by atoms with Crippen LogP contribution in [0.2, 0.25) is 0 Å². The number of rotatable bonds is 7. The Morgan fingerprint density at radius 1 is 1.19 bits per heavy atom. The number of hydrogen-bond donors (Lipinski definition) is 2. The van der Waals surface area contributed by atoms with E-state index >= 15 is 0 Å². The van der Waals surface area contributed by atoms with Crippen molar-refractivity contribution >= 4 is 23.3 Å². The van der Waals surface area contributed by atoms with E-state index in [0.717, 1.165) is 5.56 Å². The van der Waals surface area contributed by atoms with E-state index in [1.807, 2.05) is 13.8 Å². The summed E-state index contributed by atoms with van der Waals surface area (Å²) in [7, 11) is 0. The van der Waals surface area contributed by atoms with Crippen molar-refractivity contribution in [2.24, 2.45) is 0 Å². The Balaban J connectivity index is 2.20. The highest BCUT2D eigenvalue weighted by atomic mass is 16.6. The van der Waals surface area contributed by atoms with E-state index in [0.29, 0.717) is 17.7 Å². The number of nitrogens with zero attached hydrogens (tertiary/aromatic N) is 1. The number of anilines is 1. The van der Waals surface area contributed by atoms with Gasteiger partial charge in [-0.15, -0.1) is 0 Å². The zero-order valence-electron chi connectivity index (χ0n) is 14.6. The first kappa shape index (κ1) is 19.1. The van der Waals surface area contributed by atoms with Gasteiger partial charge in [-0.25, -0.2) is 0 Å². The summed E-state index contributed by atoms with van der Waals surface area (Å²) in [6.07, 6.45) is 0.355. The van der Waals surface area contributed by atoms with Crippen LogP contribution in [0, 0.1) is 10.1 Å². The predicted octanol–water partition coefficient (Wildman–Crippen LogP) is 3.99. The van der Waals surface area contributed by atoms with Crippen molar-refractivity contribution in [2.75, 3.05) is 5.32 Å². The fraction of sp³-hybridized carbons (Fsp3) is 0.263. The third-order valence-electron chi connectivity index (χ3n) is 3.92. The molecule has 2 aromatic rings. The molecule has 0 heterocycles. The van der Waals surface area contributed by atoms with E-state index in [1.165, 1.54) is 6.07 Å². The van der Waals surface area contributed by atoms with Crippen LogP contribution >= 0.6 is 0 Å². The number of carboxylic acid groups (broad SMARTS) is 1. The fourth-order valence-electron chi connectivity index (χ4n) is 2.59. The standard InChI is InChI=1S/C19H20N2O5/c1-12(2)16-8-7-14(11-17(16)21(25)26)19(24)20-15-5-3-4-13(10-15)6-9-18(22)23/h3-5,7-8,10-12H,6,9H2,1-2H3,(H,20,24)(H,22,23). The van der Waals surface area contributed by atoms with Gasteiger partial charge in [0.1, 0.15) is 0 Å². The Labute approximate surface area is 150 Å². The molecule has 0 aliphatic rings. The summed E-state index contributed by atoms with van der Waals surface area (Å²) in [5.74, 6) is -1.38. The molecular weight excluding hydrogens is 336 g/mol. The second-order valence-corrected chi connectivity index (χ2v) is 6.23. The van der Waals surface area contributed by atoms with Gasteiger partial charge in [-0.2, -0.15) is 0 Å². The summed E-state index contributed by atoms with van der Waals surface area (Å²) in [6, 6.07) is 11.3. The summed E-state index contributed by atoms with van der Waals surface area (Å²) >= 11 is 0. The molecule has 0 radical (unpaired) electrons. The first-order valence-corrected chi connectivity index (χ1v) is 8.18. The maximum atomic E-state index is 12.4. The molecule has 0 aliphatic heterocycles. The monoisotopic (exact) mass is 356 g/mol. The summed E-state index contributed by atoms with van der Waals surface area (Å²) in [5.41, 5.74) is 1.97. The predicted molar refractivity (Wildman–Crippen MR) is 97.5 cm³/mol. The first-order valence-electron chi connectivity index (χ1n) is 8.18. The van der Waals surface area contributed by atoms with Gasteiger partial charge in [-0.3, -0.25) is 19.7 Å².